The molecule has 0 aliphatic rings. The Kier molecular flexibility index (Phi) is 2.93. The minimum absolute atomic E-state index is 0.00582. The first-order valence-electron chi connectivity index (χ1n) is 4.65. The van der Waals surface area contributed by atoms with Crippen molar-refractivity contribution in [2.24, 2.45) is 0 Å². The van der Waals surface area contributed by atoms with Crippen LogP contribution in [-0.4, -0.2) is 9.49 Å². The van der Waals surface area contributed by atoms with Gasteiger partial charge in [0.1, 0.15) is 11.8 Å². The molecule has 1 heterocycles. The molecule has 0 radical (unpaired) electrons. The van der Waals surface area contributed by atoms with E-state index >= 15 is 0 Å². The number of hydrogen-bond acceptors (Lipinski definition) is 3. The van der Waals surface area contributed by atoms with Crippen LogP contribution >= 0.6 is 15.9 Å². The molecule has 0 aliphatic carbocycles. The molecular formula is C11H6BrN3O2. The van der Waals surface area contributed by atoms with Crippen molar-refractivity contribution < 1.29 is 4.92 Å². The Hall–Kier alpha value is -2.13. The number of nitriles is 1. The van der Waals surface area contributed by atoms with Crippen LogP contribution in [0.1, 0.15) is 5.69 Å². The lowest BCUT2D eigenvalue weighted by Crippen LogP contribution is -1.97. The molecule has 2 rings (SSSR count). The van der Waals surface area contributed by atoms with Crippen molar-refractivity contribution in [1.29, 1.82) is 5.26 Å². The molecule has 17 heavy (non-hydrogen) atoms. The molecule has 0 amide bonds. The highest BCUT2D eigenvalue weighted by Gasteiger charge is 2.11. The van der Waals surface area contributed by atoms with E-state index in [9.17, 15) is 10.1 Å². The van der Waals surface area contributed by atoms with Gasteiger partial charge in [-0.25, -0.2) is 0 Å². The molecule has 0 N–H and O–H groups in total. The number of nitro benzene ring substituents is 1. The molecule has 0 saturated carbocycles. The van der Waals surface area contributed by atoms with E-state index in [-0.39, 0.29) is 5.69 Å². The Labute approximate surface area is 105 Å². The average molecular weight is 292 g/mol. The fourth-order valence-electron chi connectivity index (χ4n) is 1.49. The number of halogens is 1. The predicted molar refractivity (Wildman–Crippen MR) is 64.8 cm³/mol. The van der Waals surface area contributed by atoms with Gasteiger partial charge in [0, 0.05) is 22.8 Å². The zero-order valence-electron chi connectivity index (χ0n) is 8.50. The van der Waals surface area contributed by atoms with E-state index in [4.69, 9.17) is 5.26 Å². The van der Waals surface area contributed by atoms with E-state index < -0.39 is 4.92 Å². The maximum Gasteiger partial charge on any atom is 0.270 e. The van der Waals surface area contributed by atoms with Gasteiger partial charge in [-0.2, -0.15) is 5.26 Å². The standard InChI is InChI=1S/C11H6BrN3O2/c12-10-6-8(15(16)17)3-4-11(10)14-5-1-2-9(14)7-13/h1-6H. The van der Waals surface area contributed by atoms with Gasteiger partial charge in [0.05, 0.1) is 10.6 Å². The lowest BCUT2D eigenvalue weighted by atomic mass is 10.3. The van der Waals surface area contributed by atoms with Gasteiger partial charge >= 0.3 is 0 Å². The van der Waals surface area contributed by atoms with E-state index in [1.54, 1.807) is 29.0 Å². The maximum atomic E-state index is 10.6. The molecule has 1 aromatic carbocycles. The molecule has 0 aliphatic heterocycles. The van der Waals surface area contributed by atoms with Crippen LogP contribution in [0.25, 0.3) is 5.69 Å². The maximum absolute atomic E-state index is 10.6. The highest BCUT2D eigenvalue weighted by atomic mass is 79.9. The molecule has 0 atom stereocenters. The van der Waals surface area contributed by atoms with Crippen LogP contribution in [0.5, 0.6) is 0 Å². The Morgan fingerprint density at radius 3 is 2.76 bits per heavy atom. The van der Waals surface area contributed by atoms with Gasteiger partial charge in [0.25, 0.3) is 5.69 Å². The summed E-state index contributed by atoms with van der Waals surface area (Å²) >= 11 is 3.27. The second-order valence-electron chi connectivity index (χ2n) is 3.27. The van der Waals surface area contributed by atoms with Crippen LogP contribution in [0.2, 0.25) is 0 Å². The highest BCUT2D eigenvalue weighted by molar-refractivity contribution is 9.10. The Balaban J connectivity index is 2.55. The Morgan fingerprint density at radius 2 is 2.18 bits per heavy atom. The number of hydrogen-bond donors (Lipinski definition) is 0. The van der Waals surface area contributed by atoms with Gasteiger partial charge in [0.2, 0.25) is 0 Å². The van der Waals surface area contributed by atoms with E-state index in [1.165, 1.54) is 12.1 Å². The fourth-order valence-corrected chi connectivity index (χ4v) is 2.04. The number of nitro groups is 1. The molecule has 1 aromatic heterocycles. The first-order chi connectivity index (χ1) is 8.13. The van der Waals surface area contributed by atoms with E-state index in [2.05, 4.69) is 15.9 Å². The third-order valence-corrected chi connectivity index (χ3v) is 2.90. The van der Waals surface area contributed by atoms with Crippen LogP contribution in [0.4, 0.5) is 5.69 Å². The van der Waals surface area contributed by atoms with Crippen LogP contribution in [-0.2, 0) is 0 Å². The summed E-state index contributed by atoms with van der Waals surface area (Å²) in [6.07, 6.45) is 1.73. The molecule has 6 heteroatoms. The number of aromatic nitrogens is 1. The third-order valence-electron chi connectivity index (χ3n) is 2.26. The van der Waals surface area contributed by atoms with Crippen LogP contribution in [0.3, 0.4) is 0 Å². The van der Waals surface area contributed by atoms with Crippen molar-refractivity contribution in [3.63, 3.8) is 0 Å². The summed E-state index contributed by atoms with van der Waals surface area (Å²) in [5, 5.41) is 19.5. The summed E-state index contributed by atoms with van der Waals surface area (Å²) < 4.78 is 2.23. The molecule has 5 nitrogen and oxygen atoms in total. The fraction of sp³-hybridized carbons (Fsp3) is 0. The van der Waals surface area contributed by atoms with Crippen LogP contribution in [0.15, 0.2) is 41.0 Å². The molecule has 0 unspecified atom stereocenters. The van der Waals surface area contributed by atoms with E-state index in [0.717, 1.165) is 0 Å². The quantitative estimate of drug-likeness (QED) is 0.631. The summed E-state index contributed by atoms with van der Waals surface area (Å²) in [5.74, 6) is 0. The highest BCUT2D eigenvalue weighted by Crippen LogP contribution is 2.27. The molecule has 0 saturated heterocycles. The minimum atomic E-state index is -0.463. The Bertz CT molecular complexity index is 628. The van der Waals surface area contributed by atoms with Crippen molar-refractivity contribution in [3.05, 3.63) is 56.8 Å². The van der Waals surface area contributed by atoms with Crippen LogP contribution < -0.4 is 0 Å². The van der Waals surface area contributed by atoms with Crippen molar-refractivity contribution in [2.45, 2.75) is 0 Å². The van der Waals surface area contributed by atoms with Gasteiger partial charge < -0.3 is 4.57 Å². The first kappa shape index (κ1) is 11.4. The van der Waals surface area contributed by atoms with Gasteiger partial charge in [-0.1, -0.05) is 0 Å². The topological polar surface area (TPSA) is 71.9 Å². The number of benzene rings is 1. The summed E-state index contributed by atoms with van der Waals surface area (Å²) in [6, 6.07) is 9.88. The normalized spacial score (nSPS) is 9.88. The molecule has 0 spiro atoms. The zero-order chi connectivity index (χ0) is 12.4. The largest absolute Gasteiger partial charge is 0.307 e. The number of rotatable bonds is 2. The van der Waals surface area contributed by atoms with Gasteiger partial charge in [-0.05, 0) is 34.1 Å². The molecule has 0 bridgehead atoms. The SMILES string of the molecule is N#Cc1cccn1-c1ccc([N+](=O)[O-])cc1Br. The zero-order valence-corrected chi connectivity index (χ0v) is 10.1. The smallest absolute Gasteiger partial charge is 0.270 e. The molecular weight excluding hydrogens is 286 g/mol. The molecule has 2 aromatic rings. The number of non-ortho nitro benzene ring substituents is 1. The average Bonchev–Trinajstić information content (AvgIpc) is 2.76. The van der Waals surface area contributed by atoms with Gasteiger partial charge in [-0.15, -0.1) is 0 Å². The minimum Gasteiger partial charge on any atom is -0.307 e. The second-order valence-corrected chi connectivity index (χ2v) is 4.12. The predicted octanol–water partition coefficient (Wildman–Crippen LogP) is 3.02. The molecule has 0 fully saturated rings. The summed E-state index contributed by atoms with van der Waals surface area (Å²) in [5.41, 5.74) is 1.17. The van der Waals surface area contributed by atoms with E-state index in [1.807, 2.05) is 6.07 Å². The Morgan fingerprint density at radius 1 is 1.41 bits per heavy atom. The second kappa shape index (κ2) is 4.39. The monoisotopic (exact) mass is 291 g/mol. The summed E-state index contributed by atoms with van der Waals surface area (Å²) in [4.78, 5) is 10.1. The van der Waals surface area contributed by atoms with Gasteiger partial charge in [-0.3, -0.25) is 10.1 Å². The van der Waals surface area contributed by atoms with E-state index in [0.29, 0.717) is 15.9 Å². The van der Waals surface area contributed by atoms with Gasteiger partial charge in [0.15, 0.2) is 0 Å². The summed E-state index contributed by atoms with van der Waals surface area (Å²) in [6.45, 7) is 0. The lowest BCUT2D eigenvalue weighted by molar-refractivity contribution is -0.384. The lowest BCUT2D eigenvalue weighted by Gasteiger charge is -2.06. The van der Waals surface area contributed by atoms with Crippen molar-refractivity contribution in [3.8, 4) is 11.8 Å². The summed E-state index contributed by atoms with van der Waals surface area (Å²) in [7, 11) is 0. The van der Waals surface area contributed by atoms with Crippen molar-refractivity contribution >= 4 is 21.6 Å². The first-order valence-corrected chi connectivity index (χ1v) is 5.44. The van der Waals surface area contributed by atoms with Crippen LogP contribution in [0, 0.1) is 21.4 Å². The number of nitrogens with zero attached hydrogens (tertiary/aromatic N) is 3. The van der Waals surface area contributed by atoms with Crippen molar-refractivity contribution in [1.82, 2.24) is 4.57 Å². The third kappa shape index (κ3) is 2.05. The van der Waals surface area contributed by atoms with Crippen molar-refractivity contribution in [2.75, 3.05) is 0 Å². The molecule has 84 valence electrons.